The third-order valence-electron chi connectivity index (χ3n) is 5.92. The number of rotatable bonds is 7. The summed E-state index contributed by atoms with van der Waals surface area (Å²) in [5.74, 6) is 1.68. The number of ether oxygens (including phenoxy) is 1. The van der Waals surface area contributed by atoms with Crippen molar-refractivity contribution in [3.05, 3.63) is 29.8 Å². The molecule has 2 aliphatic heterocycles. The number of hydrogen-bond donors (Lipinski definition) is 2. The van der Waals surface area contributed by atoms with Gasteiger partial charge in [-0.3, -0.25) is 9.69 Å². The number of likely N-dealkylation sites (tertiary alicyclic amines) is 1. The zero-order valence-corrected chi connectivity index (χ0v) is 17.8. The number of amides is 1. The monoisotopic (exact) mass is 387 g/mol. The molecule has 1 aromatic rings. The maximum absolute atomic E-state index is 12.2. The van der Waals surface area contributed by atoms with Crippen LogP contribution in [0.5, 0.6) is 5.75 Å². The number of nitrogens with zero attached hydrogens (tertiary/aromatic N) is 1. The second kappa shape index (κ2) is 9.75. The van der Waals surface area contributed by atoms with Gasteiger partial charge in [0.2, 0.25) is 5.91 Å². The average Bonchev–Trinajstić information content (AvgIpc) is 3.21. The SMILES string of the molecule is CC(C)(C)c1cccc(OCCN2CCCC(CNC(=O)C3CCCN3)C2)c1. The summed E-state index contributed by atoms with van der Waals surface area (Å²) in [5.41, 5.74) is 1.44. The molecule has 2 atom stereocenters. The quantitative estimate of drug-likeness (QED) is 0.755. The van der Waals surface area contributed by atoms with E-state index in [2.05, 4.69) is 54.5 Å². The van der Waals surface area contributed by atoms with Crippen molar-refractivity contribution in [2.24, 2.45) is 5.92 Å². The van der Waals surface area contributed by atoms with Crippen LogP contribution in [0.1, 0.15) is 52.0 Å². The standard InChI is InChI=1S/C23H37N3O2/c1-23(2,3)19-8-4-9-20(15-19)28-14-13-26-12-6-7-18(17-26)16-25-22(27)21-10-5-11-24-21/h4,8-9,15,18,21,24H,5-7,10-14,16-17H2,1-3H3,(H,25,27). The Labute approximate surface area is 170 Å². The van der Waals surface area contributed by atoms with Gasteiger partial charge in [0.1, 0.15) is 12.4 Å². The van der Waals surface area contributed by atoms with Crippen molar-refractivity contribution in [2.45, 2.75) is 57.9 Å². The fraction of sp³-hybridized carbons (Fsp3) is 0.696. The highest BCUT2D eigenvalue weighted by atomic mass is 16.5. The molecule has 0 aliphatic carbocycles. The molecule has 2 N–H and O–H groups in total. The Morgan fingerprint density at radius 1 is 1.29 bits per heavy atom. The number of benzene rings is 1. The van der Waals surface area contributed by atoms with Crippen LogP contribution in [-0.2, 0) is 10.2 Å². The maximum atomic E-state index is 12.2. The lowest BCUT2D eigenvalue weighted by atomic mass is 9.87. The van der Waals surface area contributed by atoms with Crippen molar-refractivity contribution in [1.82, 2.24) is 15.5 Å². The van der Waals surface area contributed by atoms with Gasteiger partial charge in [-0.2, -0.15) is 0 Å². The summed E-state index contributed by atoms with van der Waals surface area (Å²) in [7, 11) is 0. The van der Waals surface area contributed by atoms with Gasteiger partial charge >= 0.3 is 0 Å². The minimum Gasteiger partial charge on any atom is -0.492 e. The predicted molar refractivity (Wildman–Crippen MR) is 114 cm³/mol. The van der Waals surface area contributed by atoms with Crippen LogP contribution in [0.3, 0.4) is 0 Å². The molecular weight excluding hydrogens is 350 g/mol. The first-order valence-electron chi connectivity index (χ1n) is 10.9. The van der Waals surface area contributed by atoms with Crippen LogP contribution in [0.15, 0.2) is 24.3 Å². The molecule has 1 aromatic carbocycles. The largest absolute Gasteiger partial charge is 0.492 e. The van der Waals surface area contributed by atoms with Gasteiger partial charge in [-0.25, -0.2) is 0 Å². The number of hydrogen-bond acceptors (Lipinski definition) is 4. The lowest BCUT2D eigenvalue weighted by Gasteiger charge is -2.33. The highest BCUT2D eigenvalue weighted by molar-refractivity contribution is 5.81. The molecule has 0 saturated carbocycles. The molecule has 28 heavy (non-hydrogen) atoms. The Hall–Kier alpha value is -1.59. The van der Waals surface area contributed by atoms with E-state index in [1.54, 1.807) is 0 Å². The van der Waals surface area contributed by atoms with Crippen LogP contribution >= 0.6 is 0 Å². The van der Waals surface area contributed by atoms with Crippen molar-refractivity contribution < 1.29 is 9.53 Å². The first-order chi connectivity index (χ1) is 13.4. The third-order valence-corrected chi connectivity index (χ3v) is 5.92. The average molecular weight is 388 g/mol. The molecule has 0 spiro atoms. The van der Waals surface area contributed by atoms with E-state index in [4.69, 9.17) is 4.74 Å². The summed E-state index contributed by atoms with van der Waals surface area (Å²) in [6, 6.07) is 8.47. The van der Waals surface area contributed by atoms with Crippen molar-refractivity contribution in [3.63, 3.8) is 0 Å². The zero-order chi connectivity index (χ0) is 20.0. The molecule has 2 aliphatic rings. The maximum Gasteiger partial charge on any atom is 0.237 e. The van der Waals surface area contributed by atoms with E-state index in [1.165, 1.54) is 18.4 Å². The van der Waals surface area contributed by atoms with Gasteiger partial charge in [-0.05, 0) is 67.8 Å². The van der Waals surface area contributed by atoms with E-state index in [1.807, 2.05) is 6.07 Å². The second-order valence-corrected chi connectivity index (χ2v) is 9.33. The normalized spacial score (nSPS) is 23.5. The van der Waals surface area contributed by atoms with Gasteiger partial charge in [0.15, 0.2) is 0 Å². The third kappa shape index (κ3) is 6.21. The van der Waals surface area contributed by atoms with Gasteiger partial charge < -0.3 is 15.4 Å². The van der Waals surface area contributed by atoms with Crippen LogP contribution in [0.25, 0.3) is 0 Å². The zero-order valence-electron chi connectivity index (χ0n) is 17.8. The van der Waals surface area contributed by atoms with Crippen LogP contribution in [0, 0.1) is 5.92 Å². The van der Waals surface area contributed by atoms with Crippen LogP contribution in [0.2, 0.25) is 0 Å². The lowest BCUT2D eigenvalue weighted by molar-refractivity contribution is -0.123. The van der Waals surface area contributed by atoms with Crippen LogP contribution < -0.4 is 15.4 Å². The molecule has 156 valence electrons. The number of piperidine rings is 1. The number of carbonyl (C=O) groups excluding carboxylic acids is 1. The van der Waals surface area contributed by atoms with Gasteiger partial charge in [-0.15, -0.1) is 0 Å². The minimum absolute atomic E-state index is 0.0250. The molecule has 1 amide bonds. The molecule has 2 fully saturated rings. The molecule has 0 radical (unpaired) electrons. The number of carbonyl (C=O) groups is 1. The van der Waals surface area contributed by atoms with Crippen LogP contribution in [0.4, 0.5) is 0 Å². The van der Waals surface area contributed by atoms with Gasteiger partial charge in [0.05, 0.1) is 6.04 Å². The van der Waals surface area contributed by atoms with Crippen molar-refractivity contribution in [1.29, 1.82) is 0 Å². The van der Waals surface area contributed by atoms with E-state index in [0.717, 1.165) is 51.3 Å². The smallest absolute Gasteiger partial charge is 0.237 e. The molecule has 2 unspecified atom stereocenters. The summed E-state index contributed by atoms with van der Waals surface area (Å²) in [6.45, 7) is 12.2. The van der Waals surface area contributed by atoms with Gasteiger partial charge in [0, 0.05) is 19.6 Å². The van der Waals surface area contributed by atoms with Crippen LogP contribution in [-0.4, -0.2) is 56.2 Å². The second-order valence-electron chi connectivity index (χ2n) is 9.33. The fourth-order valence-electron chi connectivity index (χ4n) is 4.14. The number of nitrogens with one attached hydrogen (secondary N) is 2. The molecule has 0 bridgehead atoms. The fourth-order valence-corrected chi connectivity index (χ4v) is 4.14. The van der Waals surface area contributed by atoms with E-state index >= 15 is 0 Å². The highest BCUT2D eigenvalue weighted by Crippen LogP contribution is 2.25. The summed E-state index contributed by atoms with van der Waals surface area (Å²) >= 11 is 0. The van der Waals surface area contributed by atoms with E-state index in [9.17, 15) is 4.79 Å². The Bertz CT molecular complexity index is 635. The Morgan fingerprint density at radius 2 is 2.14 bits per heavy atom. The van der Waals surface area contributed by atoms with E-state index in [-0.39, 0.29) is 17.4 Å². The van der Waals surface area contributed by atoms with Gasteiger partial charge in [-0.1, -0.05) is 32.9 Å². The summed E-state index contributed by atoms with van der Waals surface area (Å²) in [6.07, 6.45) is 4.47. The van der Waals surface area contributed by atoms with Crippen molar-refractivity contribution >= 4 is 5.91 Å². The lowest BCUT2D eigenvalue weighted by Crippen LogP contribution is -2.46. The Kier molecular flexibility index (Phi) is 7.36. The summed E-state index contributed by atoms with van der Waals surface area (Å²) in [5, 5.41) is 6.43. The highest BCUT2D eigenvalue weighted by Gasteiger charge is 2.24. The molecule has 3 rings (SSSR count). The first kappa shape index (κ1) is 21.1. The van der Waals surface area contributed by atoms with Gasteiger partial charge in [0.25, 0.3) is 0 Å². The minimum atomic E-state index is 0.0250. The topological polar surface area (TPSA) is 53.6 Å². The van der Waals surface area contributed by atoms with E-state index in [0.29, 0.717) is 12.5 Å². The molecule has 2 heterocycles. The molecule has 0 aromatic heterocycles. The predicted octanol–water partition coefficient (Wildman–Crippen LogP) is 2.94. The summed E-state index contributed by atoms with van der Waals surface area (Å²) in [4.78, 5) is 14.7. The van der Waals surface area contributed by atoms with Crippen molar-refractivity contribution in [2.75, 3.05) is 39.3 Å². The Morgan fingerprint density at radius 3 is 2.89 bits per heavy atom. The van der Waals surface area contributed by atoms with E-state index < -0.39 is 0 Å². The molecule has 2 saturated heterocycles. The summed E-state index contributed by atoms with van der Waals surface area (Å²) < 4.78 is 6.03. The first-order valence-corrected chi connectivity index (χ1v) is 10.9. The molecule has 5 heteroatoms. The molecular formula is C23H37N3O2. The van der Waals surface area contributed by atoms with Crippen molar-refractivity contribution in [3.8, 4) is 5.75 Å². The molecule has 5 nitrogen and oxygen atoms in total. The Balaban J connectivity index is 1.38.